The molecule has 36 heavy (non-hydrogen) atoms. The molecule has 0 spiro atoms. The molecule has 0 bridgehead atoms. The predicted octanol–water partition coefficient (Wildman–Crippen LogP) is 4.78. The zero-order valence-electron chi connectivity index (χ0n) is 20.0. The van der Waals surface area contributed by atoms with Gasteiger partial charge in [0.2, 0.25) is 5.91 Å². The average Bonchev–Trinajstić information content (AvgIpc) is 3.42. The Kier molecular flexibility index (Phi) is 6.24. The first-order chi connectivity index (χ1) is 17.3. The summed E-state index contributed by atoms with van der Waals surface area (Å²) in [6.07, 6.45) is 0.0397. The summed E-state index contributed by atoms with van der Waals surface area (Å²) in [4.78, 5) is 31.6. The van der Waals surface area contributed by atoms with Crippen molar-refractivity contribution in [2.45, 2.75) is 33.2 Å². The van der Waals surface area contributed by atoms with Crippen LogP contribution in [0.5, 0.6) is 0 Å². The molecule has 5 rings (SSSR count). The van der Waals surface area contributed by atoms with E-state index in [9.17, 15) is 14.0 Å². The van der Waals surface area contributed by atoms with E-state index in [0.717, 1.165) is 11.3 Å². The maximum absolute atomic E-state index is 13.8. The van der Waals surface area contributed by atoms with Crippen molar-refractivity contribution in [3.05, 3.63) is 105 Å². The lowest BCUT2D eigenvalue weighted by molar-refractivity contribution is -0.121. The number of aromatic nitrogens is 4. The van der Waals surface area contributed by atoms with Gasteiger partial charge >= 0.3 is 0 Å². The molecule has 0 radical (unpaired) electrons. The van der Waals surface area contributed by atoms with Crippen molar-refractivity contribution in [1.29, 1.82) is 0 Å². The normalized spacial score (nSPS) is 12.1. The van der Waals surface area contributed by atoms with E-state index in [1.165, 1.54) is 27.9 Å². The number of thiazole rings is 1. The van der Waals surface area contributed by atoms with Gasteiger partial charge in [0.15, 0.2) is 4.96 Å². The molecule has 1 atom stereocenters. The van der Waals surface area contributed by atoms with Crippen molar-refractivity contribution in [3.8, 4) is 16.9 Å². The minimum absolute atomic E-state index is 0.0397. The highest BCUT2D eigenvalue weighted by atomic mass is 32.1. The molecule has 0 aliphatic heterocycles. The molecule has 3 aromatic heterocycles. The first-order valence-electron chi connectivity index (χ1n) is 11.5. The van der Waals surface area contributed by atoms with Crippen molar-refractivity contribution in [2.75, 3.05) is 0 Å². The van der Waals surface area contributed by atoms with E-state index in [-0.39, 0.29) is 29.7 Å². The van der Waals surface area contributed by atoms with Crippen LogP contribution in [0, 0.1) is 19.7 Å². The van der Waals surface area contributed by atoms with Crippen molar-refractivity contribution >= 4 is 22.2 Å². The molecule has 0 fully saturated rings. The highest BCUT2D eigenvalue weighted by molar-refractivity contribution is 7.15. The molecule has 2 aromatic carbocycles. The zero-order chi connectivity index (χ0) is 25.4. The Balaban J connectivity index is 1.49. The highest BCUT2D eigenvalue weighted by Gasteiger charge is 2.20. The van der Waals surface area contributed by atoms with E-state index in [1.54, 1.807) is 35.2 Å². The fraction of sp³-hybridized carbons (Fsp3) is 0.185. The average molecular weight is 502 g/mol. The Bertz CT molecular complexity index is 1640. The van der Waals surface area contributed by atoms with E-state index in [2.05, 4.69) is 15.4 Å². The second-order valence-corrected chi connectivity index (χ2v) is 9.50. The standard InChI is InChI=1S/C27H24FN5O2S/c1-16-12-23(31-33(16)21-11-7-10-20(28)13-21)25-18(3)30-27-32(26(25)35)22(15-36-27)14-24(34)29-17(2)19-8-5-4-6-9-19/h4-13,15,17H,14H2,1-3H3,(H,29,34). The number of rotatable bonds is 6. The second kappa shape index (κ2) is 9.50. The van der Waals surface area contributed by atoms with E-state index < -0.39 is 0 Å². The quantitative estimate of drug-likeness (QED) is 0.363. The second-order valence-electron chi connectivity index (χ2n) is 8.66. The first kappa shape index (κ1) is 23.6. The molecule has 9 heteroatoms. The van der Waals surface area contributed by atoms with Gasteiger partial charge in [-0.15, -0.1) is 11.3 Å². The number of halogens is 1. The topological polar surface area (TPSA) is 81.3 Å². The predicted molar refractivity (Wildman–Crippen MR) is 138 cm³/mol. The van der Waals surface area contributed by atoms with Gasteiger partial charge in [-0.25, -0.2) is 14.1 Å². The molecule has 0 aliphatic rings. The number of benzene rings is 2. The summed E-state index contributed by atoms with van der Waals surface area (Å²) in [5.41, 5.74) is 3.92. The summed E-state index contributed by atoms with van der Waals surface area (Å²) in [6.45, 7) is 5.53. The lowest BCUT2D eigenvalue weighted by Crippen LogP contribution is -2.29. The minimum atomic E-state index is -0.369. The molecule has 0 saturated carbocycles. The number of carbonyl (C=O) groups excluding carboxylic acids is 1. The van der Waals surface area contributed by atoms with Crippen molar-refractivity contribution in [2.24, 2.45) is 0 Å². The van der Waals surface area contributed by atoms with Gasteiger partial charge in [0.1, 0.15) is 11.5 Å². The third-order valence-electron chi connectivity index (χ3n) is 6.04. The molecule has 0 saturated heterocycles. The van der Waals surface area contributed by atoms with Crippen molar-refractivity contribution < 1.29 is 9.18 Å². The van der Waals surface area contributed by atoms with Crippen LogP contribution in [0.3, 0.4) is 0 Å². The van der Waals surface area contributed by atoms with Gasteiger partial charge in [-0.3, -0.25) is 14.0 Å². The summed E-state index contributed by atoms with van der Waals surface area (Å²) in [6, 6.07) is 17.4. The largest absolute Gasteiger partial charge is 0.349 e. The summed E-state index contributed by atoms with van der Waals surface area (Å²) in [5, 5.41) is 9.37. The molecule has 0 aliphatic carbocycles. The molecule has 3 heterocycles. The summed E-state index contributed by atoms with van der Waals surface area (Å²) in [5.74, 6) is -0.558. The maximum atomic E-state index is 13.8. The van der Waals surface area contributed by atoms with E-state index in [0.29, 0.717) is 33.3 Å². The first-order valence-corrected chi connectivity index (χ1v) is 12.4. The van der Waals surface area contributed by atoms with Gasteiger partial charge in [0.05, 0.1) is 29.4 Å². The van der Waals surface area contributed by atoms with Gasteiger partial charge in [0.25, 0.3) is 5.56 Å². The number of carbonyl (C=O) groups is 1. The molecular weight excluding hydrogens is 477 g/mol. The van der Waals surface area contributed by atoms with Crippen LogP contribution >= 0.6 is 11.3 Å². The van der Waals surface area contributed by atoms with Crippen molar-refractivity contribution in [1.82, 2.24) is 24.5 Å². The third-order valence-corrected chi connectivity index (χ3v) is 6.91. The highest BCUT2D eigenvalue weighted by Crippen LogP contribution is 2.24. The van der Waals surface area contributed by atoms with Gasteiger partial charge < -0.3 is 5.32 Å². The molecule has 1 unspecified atom stereocenters. The number of hydrogen-bond acceptors (Lipinski definition) is 5. The number of amides is 1. The lowest BCUT2D eigenvalue weighted by atomic mass is 10.1. The maximum Gasteiger partial charge on any atom is 0.268 e. The zero-order valence-corrected chi connectivity index (χ0v) is 20.8. The Labute approximate surface area is 210 Å². The van der Waals surface area contributed by atoms with Crippen LogP contribution in [-0.4, -0.2) is 25.1 Å². The van der Waals surface area contributed by atoms with Gasteiger partial charge in [0, 0.05) is 16.8 Å². The summed E-state index contributed by atoms with van der Waals surface area (Å²) < 4.78 is 16.8. The Morgan fingerprint density at radius 2 is 1.89 bits per heavy atom. The van der Waals surface area contributed by atoms with Gasteiger partial charge in [-0.1, -0.05) is 36.4 Å². The Hall–Kier alpha value is -4.11. The number of nitrogens with one attached hydrogen (secondary N) is 1. The molecule has 1 N–H and O–H groups in total. The molecule has 7 nitrogen and oxygen atoms in total. The van der Waals surface area contributed by atoms with Crippen LogP contribution in [0.4, 0.5) is 4.39 Å². The van der Waals surface area contributed by atoms with Gasteiger partial charge in [-0.05, 0) is 50.6 Å². The van der Waals surface area contributed by atoms with Crippen LogP contribution < -0.4 is 10.9 Å². The molecule has 5 aromatic rings. The number of aryl methyl sites for hydroxylation is 2. The van der Waals surface area contributed by atoms with E-state index in [1.807, 2.05) is 44.2 Å². The van der Waals surface area contributed by atoms with Crippen LogP contribution in [0.1, 0.15) is 35.6 Å². The van der Waals surface area contributed by atoms with Crippen LogP contribution in [-0.2, 0) is 11.2 Å². The smallest absolute Gasteiger partial charge is 0.268 e. The Morgan fingerprint density at radius 3 is 2.64 bits per heavy atom. The monoisotopic (exact) mass is 501 g/mol. The lowest BCUT2D eigenvalue weighted by Gasteiger charge is -2.14. The van der Waals surface area contributed by atoms with Crippen LogP contribution in [0.25, 0.3) is 21.9 Å². The number of nitrogens with zero attached hydrogens (tertiary/aromatic N) is 4. The third kappa shape index (κ3) is 4.45. The number of fused-ring (bicyclic) bond motifs is 1. The van der Waals surface area contributed by atoms with Crippen LogP contribution in [0.2, 0.25) is 0 Å². The van der Waals surface area contributed by atoms with E-state index >= 15 is 0 Å². The fourth-order valence-corrected chi connectivity index (χ4v) is 5.20. The molecule has 182 valence electrons. The van der Waals surface area contributed by atoms with Crippen molar-refractivity contribution in [3.63, 3.8) is 0 Å². The van der Waals surface area contributed by atoms with E-state index in [4.69, 9.17) is 0 Å². The molecule has 1 amide bonds. The summed E-state index contributed by atoms with van der Waals surface area (Å²) >= 11 is 1.31. The Morgan fingerprint density at radius 1 is 1.11 bits per heavy atom. The SMILES string of the molecule is Cc1nc2scc(CC(=O)NC(C)c3ccccc3)n2c(=O)c1-c1cc(C)n(-c2cccc(F)c2)n1. The summed E-state index contributed by atoms with van der Waals surface area (Å²) in [7, 11) is 0. The minimum Gasteiger partial charge on any atom is -0.349 e. The van der Waals surface area contributed by atoms with Gasteiger partial charge in [-0.2, -0.15) is 5.10 Å². The van der Waals surface area contributed by atoms with Crippen LogP contribution in [0.15, 0.2) is 70.8 Å². The number of hydrogen-bond donors (Lipinski definition) is 1. The molecular formula is C27H24FN5O2S. The fourth-order valence-electron chi connectivity index (χ4n) is 4.27.